The maximum atomic E-state index is 12.9. The molecule has 160 valence electrons. The van der Waals surface area contributed by atoms with Crippen LogP contribution < -0.4 is 9.47 Å². The summed E-state index contributed by atoms with van der Waals surface area (Å²) >= 11 is 0. The molecular weight excluding hydrogens is 376 g/mol. The van der Waals surface area contributed by atoms with Crippen LogP contribution in [0.4, 0.5) is 0 Å². The molecule has 2 aromatic carbocycles. The molecule has 1 amide bonds. The van der Waals surface area contributed by atoms with Crippen LogP contribution in [0.25, 0.3) is 0 Å². The number of benzene rings is 2. The van der Waals surface area contributed by atoms with Gasteiger partial charge in [-0.25, -0.2) is 0 Å². The van der Waals surface area contributed by atoms with Crippen LogP contribution in [-0.2, 0) is 17.8 Å². The average Bonchev–Trinajstić information content (AvgIpc) is 2.88. The van der Waals surface area contributed by atoms with Gasteiger partial charge in [0.05, 0.1) is 13.5 Å². The number of hydrogen-bond donors (Lipinski definition) is 0. The van der Waals surface area contributed by atoms with Crippen LogP contribution in [0.15, 0.2) is 48.5 Å². The molecule has 0 saturated heterocycles. The van der Waals surface area contributed by atoms with Crippen molar-refractivity contribution in [1.29, 1.82) is 0 Å². The number of hydrogen-bond acceptors (Lipinski definition) is 4. The number of para-hydroxylation sites is 1. The maximum Gasteiger partial charge on any atom is 0.226 e. The first-order valence-electron chi connectivity index (χ1n) is 10.8. The van der Waals surface area contributed by atoms with Crippen LogP contribution in [0.2, 0.25) is 0 Å². The van der Waals surface area contributed by atoms with E-state index in [2.05, 4.69) is 36.2 Å². The van der Waals surface area contributed by atoms with Crippen LogP contribution in [0.5, 0.6) is 11.5 Å². The Hall–Kier alpha value is -2.53. The van der Waals surface area contributed by atoms with Crippen molar-refractivity contribution in [3.8, 4) is 11.5 Å². The molecule has 0 radical (unpaired) electrons. The van der Waals surface area contributed by atoms with Crippen LogP contribution >= 0.6 is 0 Å². The smallest absolute Gasteiger partial charge is 0.226 e. The lowest BCUT2D eigenvalue weighted by molar-refractivity contribution is -0.133. The van der Waals surface area contributed by atoms with Crippen molar-refractivity contribution in [3.63, 3.8) is 0 Å². The minimum atomic E-state index is -0.158. The van der Waals surface area contributed by atoms with Crippen LogP contribution in [0, 0.1) is 0 Å². The summed E-state index contributed by atoms with van der Waals surface area (Å²) in [5.41, 5.74) is 2.09. The second-order valence-corrected chi connectivity index (χ2v) is 8.83. The summed E-state index contributed by atoms with van der Waals surface area (Å²) in [4.78, 5) is 17.2. The van der Waals surface area contributed by atoms with Crippen molar-refractivity contribution >= 4 is 5.91 Å². The molecule has 2 aliphatic rings. The highest BCUT2D eigenvalue weighted by molar-refractivity contribution is 5.79. The number of amides is 1. The SMILES string of the molecule is COc1cccc(CC(=O)N(C)C2CCC3(CC2)CN(C)Cc2ccccc2O3)c1. The van der Waals surface area contributed by atoms with Crippen molar-refractivity contribution < 1.29 is 14.3 Å². The van der Waals surface area contributed by atoms with E-state index in [1.807, 2.05) is 36.2 Å². The van der Waals surface area contributed by atoms with Gasteiger partial charge in [-0.15, -0.1) is 0 Å². The number of rotatable bonds is 4. The Kier molecular flexibility index (Phi) is 6.00. The zero-order valence-electron chi connectivity index (χ0n) is 18.3. The molecule has 1 heterocycles. The number of nitrogens with zero attached hydrogens (tertiary/aromatic N) is 2. The van der Waals surface area contributed by atoms with Crippen molar-refractivity contribution in [2.45, 2.75) is 50.3 Å². The number of likely N-dealkylation sites (N-methyl/N-ethyl adjacent to an activating group) is 2. The van der Waals surface area contributed by atoms with Gasteiger partial charge >= 0.3 is 0 Å². The fourth-order valence-corrected chi connectivity index (χ4v) is 4.90. The van der Waals surface area contributed by atoms with Gasteiger partial charge in [-0.05, 0) is 56.5 Å². The summed E-state index contributed by atoms with van der Waals surface area (Å²) < 4.78 is 11.9. The fraction of sp³-hybridized carbons (Fsp3) is 0.480. The minimum absolute atomic E-state index is 0.158. The zero-order valence-corrected chi connectivity index (χ0v) is 18.3. The van der Waals surface area contributed by atoms with Gasteiger partial charge in [-0.3, -0.25) is 9.69 Å². The first-order chi connectivity index (χ1) is 14.5. The average molecular weight is 409 g/mol. The molecule has 0 atom stereocenters. The Morgan fingerprint density at radius 1 is 1.20 bits per heavy atom. The summed E-state index contributed by atoms with van der Waals surface area (Å²) in [6.45, 7) is 1.84. The van der Waals surface area contributed by atoms with Gasteiger partial charge < -0.3 is 14.4 Å². The molecule has 1 saturated carbocycles. The summed E-state index contributed by atoms with van der Waals surface area (Å²) in [5, 5.41) is 0. The van der Waals surface area contributed by atoms with Gasteiger partial charge in [-0.1, -0.05) is 30.3 Å². The van der Waals surface area contributed by atoms with E-state index in [1.54, 1.807) is 7.11 Å². The monoisotopic (exact) mass is 408 g/mol. The lowest BCUT2D eigenvalue weighted by Crippen LogP contribution is -2.51. The summed E-state index contributed by atoms with van der Waals surface area (Å²) in [7, 11) is 5.76. The molecule has 1 fully saturated rings. The topological polar surface area (TPSA) is 42.0 Å². The molecule has 0 unspecified atom stereocenters. The van der Waals surface area contributed by atoms with Crippen LogP contribution in [0.1, 0.15) is 36.8 Å². The molecule has 0 bridgehead atoms. The molecule has 5 heteroatoms. The van der Waals surface area contributed by atoms with Crippen molar-refractivity contribution in [3.05, 3.63) is 59.7 Å². The predicted octanol–water partition coefficient (Wildman–Crippen LogP) is 3.90. The number of fused-ring (bicyclic) bond motifs is 1. The molecule has 5 nitrogen and oxygen atoms in total. The fourth-order valence-electron chi connectivity index (χ4n) is 4.90. The van der Waals surface area contributed by atoms with Crippen molar-refractivity contribution in [1.82, 2.24) is 9.80 Å². The number of ether oxygens (including phenoxy) is 2. The van der Waals surface area contributed by atoms with Crippen LogP contribution in [0.3, 0.4) is 0 Å². The largest absolute Gasteiger partial charge is 0.497 e. The molecule has 4 rings (SSSR count). The van der Waals surface area contributed by atoms with Crippen molar-refractivity contribution in [2.24, 2.45) is 0 Å². The summed E-state index contributed by atoms with van der Waals surface area (Å²) in [5.74, 6) is 1.97. The quantitative estimate of drug-likeness (QED) is 0.769. The predicted molar refractivity (Wildman–Crippen MR) is 118 cm³/mol. The third-order valence-corrected chi connectivity index (χ3v) is 6.59. The van der Waals surface area contributed by atoms with Crippen molar-refractivity contribution in [2.75, 3.05) is 27.7 Å². The third kappa shape index (κ3) is 4.46. The summed E-state index contributed by atoms with van der Waals surface area (Å²) in [6.07, 6.45) is 4.27. The van der Waals surface area contributed by atoms with Gasteiger partial charge in [0.15, 0.2) is 0 Å². The second kappa shape index (κ2) is 8.68. The normalized spacial score (nSPS) is 23.9. The molecule has 1 aliphatic heterocycles. The maximum absolute atomic E-state index is 12.9. The minimum Gasteiger partial charge on any atom is -0.497 e. The lowest BCUT2D eigenvalue weighted by atomic mass is 9.81. The Bertz CT molecular complexity index is 889. The number of carbonyl (C=O) groups excluding carboxylic acids is 1. The number of methoxy groups -OCH3 is 1. The van der Waals surface area contributed by atoms with Crippen LogP contribution in [-0.4, -0.2) is 55.1 Å². The molecule has 1 aliphatic carbocycles. The first kappa shape index (κ1) is 20.7. The molecule has 0 N–H and O–H groups in total. The Morgan fingerprint density at radius 3 is 2.73 bits per heavy atom. The van der Waals surface area contributed by atoms with Gasteiger partial charge in [0.2, 0.25) is 5.91 Å². The molecular formula is C25H32N2O3. The van der Waals surface area contributed by atoms with E-state index in [-0.39, 0.29) is 17.6 Å². The number of carbonyl (C=O) groups is 1. The highest BCUT2D eigenvalue weighted by Gasteiger charge is 2.41. The van der Waals surface area contributed by atoms with E-state index in [4.69, 9.17) is 9.47 Å². The molecule has 1 spiro atoms. The standard InChI is InChI=1S/C25H32N2O3/c1-26-17-20-8-4-5-10-23(20)30-25(18-26)13-11-21(12-14-25)27(2)24(28)16-19-7-6-9-22(15-19)29-3/h4-10,15,21H,11-14,16-18H2,1-3H3. The van der Waals surface area contributed by atoms with E-state index in [9.17, 15) is 4.79 Å². The zero-order chi connectivity index (χ0) is 21.1. The third-order valence-electron chi connectivity index (χ3n) is 6.59. The Labute approximate surface area is 179 Å². The van der Waals surface area contributed by atoms with E-state index in [0.717, 1.165) is 55.8 Å². The molecule has 0 aromatic heterocycles. The Morgan fingerprint density at radius 2 is 1.97 bits per heavy atom. The van der Waals surface area contributed by atoms with Gasteiger partial charge in [0.25, 0.3) is 0 Å². The van der Waals surface area contributed by atoms with E-state index in [0.29, 0.717) is 6.42 Å². The molecule has 30 heavy (non-hydrogen) atoms. The lowest BCUT2D eigenvalue weighted by Gasteiger charge is -2.43. The highest BCUT2D eigenvalue weighted by atomic mass is 16.5. The molecule has 2 aromatic rings. The Balaban J connectivity index is 1.39. The van der Waals surface area contributed by atoms with E-state index < -0.39 is 0 Å². The highest BCUT2D eigenvalue weighted by Crippen LogP contribution is 2.39. The van der Waals surface area contributed by atoms with Gasteiger partial charge in [0.1, 0.15) is 17.1 Å². The van der Waals surface area contributed by atoms with E-state index in [1.165, 1.54) is 5.56 Å². The van der Waals surface area contributed by atoms with E-state index >= 15 is 0 Å². The van der Waals surface area contributed by atoms with Gasteiger partial charge in [-0.2, -0.15) is 0 Å². The van der Waals surface area contributed by atoms with Gasteiger partial charge in [0, 0.05) is 31.7 Å². The summed E-state index contributed by atoms with van der Waals surface area (Å²) in [6, 6.07) is 16.4. The first-order valence-corrected chi connectivity index (χ1v) is 10.8. The second-order valence-electron chi connectivity index (χ2n) is 8.83.